The average Bonchev–Trinajstić information content (AvgIpc) is 2.92. The molecule has 2 aromatic heterocycles. The Bertz CT molecular complexity index is 1480. The maximum absolute atomic E-state index is 13.0. The Balaban J connectivity index is 1.16. The van der Waals surface area contributed by atoms with E-state index in [4.69, 9.17) is 14.5 Å². The lowest BCUT2D eigenvalue weighted by Crippen LogP contribution is -2.42. The minimum Gasteiger partial charge on any atom is -0.474 e. The van der Waals surface area contributed by atoms with Gasteiger partial charge in [-0.1, -0.05) is 12.1 Å². The normalized spacial score (nSPS) is 21.5. The standard InChI is InChI=1S/C32H40N6O4/c1-20-26(18-33-28-27(20)38(12-13-41-28)30(39)42-31(2,3)4)37-11-10-23-17-34-29(36-25(23)19-37)35-24-8-6-21(7-9-24)14-22-15-32(5,40)16-22/h6-9,17-18,22,40H,10-16,19H2,1-5H3,(H,34,35,36). The summed E-state index contributed by atoms with van der Waals surface area (Å²) < 4.78 is 11.5. The van der Waals surface area contributed by atoms with Crippen molar-refractivity contribution in [2.75, 3.05) is 34.8 Å². The van der Waals surface area contributed by atoms with Crippen molar-refractivity contribution in [3.63, 3.8) is 0 Å². The zero-order valence-electron chi connectivity index (χ0n) is 25.1. The number of nitrogens with one attached hydrogen (secondary N) is 1. The van der Waals surface area contributed by atoms with Crippen LogP contribution in [0.5, 0.6) is 5.88 Å². The fourth-order valence-corrected chi connectivity index (χ4v) is 6.23. The lowest BCUT2D eigenvalue weighted by atomic mass is 9.70. The van der Waals surface area contributed by atoms with Gasteiger partial charge in [-0.15, -0.1) is 0 Å². The van der Waals surface area contributed by atoms with Crippen molar-refractivity contribution < 1.29 is 19.4 Å². The summed E-state index contributed by atoms with van der Waals surface area (Å²) in [7, 11) is 0. The number of benzene rings is 1. The fourth-order valence-electron chi connectivity index (χ4n) is 6.23. The van der Waals surface area contributed by atoms with Gasteiger partial charge in [0.05, 0.1) is 36.3 Å². The molecule has 0 atom stereocenters. The number of carbonyl (C=O) groups excluding carboxylic acids is 1. The average molecular weight is 573 g/mol. The van der Waals surface area contributed by atoms with Crippen LogP contribution in [0.2, 0.25) is 0 Å². The molecule has 0 spiro atoms. The van der Waals surface area contributed by atoms with Gasteiger partial charge in [0.15, 0.2) is 0 Å². The Morgan fingerprint density at radius 2 is 1.93 bits per heavy atom. The van der Waals surface area contributed by atoms with Gasteiger partial charge in [-0.3, -0.25) is 4.90 Å². The Hall–Kier alpha value is -3.92. The number of fused-ring (bicyclic) bond motifs is 2. The van der Waals surface area contributed by atoms with Crippen LogP contribution in [0, 0.1) is 12.8 Å². The van der Waals surface area contributed by atoms with Crippen LogP contribution < -0.4 is 19.9 Å². The highest BCUT2D eigenvalue weighted by molar-refractivity contribution is 5.92. The topological polar surface area (TPSA) is 113 Å². The van der Waals surface area contributed by atoms with E-state index >= 15 is 0 Å². The predicted octanol–water partition coefficient (Wildman–Crippen LogP) is 5.32. The Labute approximate surface area is 247 Å². The van der Waals surface area contributed by atoms with E-state index in [0.717, 1.165) is 60.4 Å². The zero-order valence-corrected chi connectivity index (χ0v) is 25.1. The molecule has 0 unspecified atom stereocenters. The number of pyridine rings is 1. The second-order valence-corrected chi connectivity index (χ2v) is 13.0. The van der Waals surface area contributed by atoms with Gasteiger partial charge < -0.3 is 24.8 Å². The number of aliphatic hydroxyl groups is 1. The fraction of sp³-hybridized carbons (Fsp3) is 0.500. The van der Waals surface area contributed by atoms with Gasteiger partial charge >= 0.3 is 6.09 Å². The predicted molar refractivity (Wildman–Crippen MR) is 162 cm³/mol. The molecule has 4 heterocycles. The minimum absolute atomic E-state index is 0.369. The summed E-state index contributed by atoms with van der Waals surface area (Å²) in [4.78, 5) is 31.0. The summed E-state index contributed by atoms with van der Waals surface area (Å²) in [6, 6.07) is 8.38. The van der Waals surface area contributed by atoms with Crippen molar-refractivity contribution in [3.8, 4) is 5.88 Å². The maximum atomic E-state index is 13.0. The highest BCUT2D eigenvalue weighted by Crippen LogP contribution is 2.40. The molecule has 1 fully saturated rings. The molecule has 1 saturated carbocycles. The molecule has 2 aliphatic heterocycles. The maximum Gasteiger partial charge on any atom is 0.415 e. The van der Waals surface area contributed by atoms with E-state index < -0.39 is 17.3 Å². The molecule has 3 aromatic rings. The van der Waals surface area contributed by atoms with Gasteiger partial charge in [0.2, 0.25) is 11.8 Å². The summed E-state index contributed by atoms with van der Waals surface area (Å²) in [5, 5.41) is 13.4. The van der Waals surface area contributed by atoms with Crippen LogP contribution in [0.15, 0.2) is 36.7 Å². The van der Waals surface area contributed by atoms with E-state index in [0.29, 0.717) is 43.1 Å². The number of carbonyl (C=O) groups is 1. The quantitative estimate of drug-likeness (QED) is 0.419. The first-order valence-corrected chi connectivity index (χ1v) is 14.8. The largest absolute Gasteiger partial charge is 0.474 e. The summed E-state index contributed by atoms with van der Waals surface area (Å²) >= 11 is 0. The molecule has 10 heteroatoms. The molecule has 2 N–H and O–H groups in total. The second kappa shape index (κ2) is 10.7. The third kappa shape index (κ3) is 5.99. The summed E-state index contributed by atoms with van der Waals surface area (Å²) in [6.07, 6.45) is 6.86. The smallest absolute Gasteiger partial charge is 0.415 e. The molecule has 1 aliphatic carbocycles. The van der Waals surface area contributed by atoms with E-state index in [1.807, 2.05) is 47.0 Å². The molecule has 3 aliphatic rings. The third-order valence-corrected chi connectivity index (χ3v) is 8.16. The number of amides is 1. The number of aromatic nitrogens is 3. The Morgan fingerprint density at radius 3 is 2.64 bits per heavy atom. The summed E-state index contributed by atoms with van der Waals surface area (Å²) in [5.74, 6) is 1.56. The number of anilines is 4. The summed E-state index contributed by atoms with van der Waals surface area (Å²) in [5.41, 5.74) is 5.73. The van der Waals surface area contributed by atoms with E-state index in [1.54, 1.807) is 4.90 Å². The Kier molecular flexibility index (Phi) is 7.21. The number of hydrogen-bond donors (Lipinski definition) is 2. The van der Waals surface area contributed by atoms with Crippen LogP contribution in [-0.4, -0.2) is 57.1 Å². The number of nitrogens with zero attached hydrogens (tertiary/aromatic N) is 5. The first kappa shape index (κ1) is 28.2. The minimum atomic E-state index is -0.599. The molecule has 10 nitrogen and oxygen atoms in total. The SMILES string of the molecule is Cc1c(N2CCc3cnc(Nc4ccc(CC5CC(C)(O)C5)cc4)nc3C2)cnc2c1N(C(=O)OC(C)(C)C)CCO2. The molecule has 222 valence electrons. The molecule has 1 amide bonds. The van der Waals surface area contributed by atoms with E-state index in [1.165, 1.54) is 5.56 Å². The Morgan fingerprint density at radius 1 is 1.17 bits per heavy atom. The van der Waals surface area contributed by atoms with Gasteiger partial charge in [0.1, 0.15) is 17.9 Å². The number of rotatable bonds is 5. The third-order valence-electron chi connectivity index (χ3n) is 8.16. The monoisotopic (exact) mass is 572 g/mol. The first-order chi connectivity index (χ1) is 19.9. The van der Waals surface area contributed by atoms with Crippen molar-refractivity contribution >= 4 is 29.1 Å². The first-order valence-electron chi connectivity index (χ1n) is 14.8. The van der Waals surface area contributed by atoms with Crippen molar-refractivity contribution in [1.29, 1.82) is 0 Å². The zero-order chi connectivity index (χ0) is 29.6. The molecule has 0 saturated heterocycles. The van der Waals surface area contributed by atoms with Crippen LogP contribution in [-0.2, 0) is 24.1 Å². The van der Waals surface area contributed by atoms with Crippen LogP contribution in [0.25, 0.3) is 0 Å². The highest BCUT2D eigenvalue weighted by Gasteiger charge is 2.38. The van der Waals surface area contributed by atoms with Crippen molar-refractivity contribution in [2.24, 2.45) is 5.92 Å². The van der Waals surface area contributed by atoms with Crippen molar-refractivity contribution in [2.45, 2.75) is 78.0 Å². The van der Waals surface area contributed by atoms with Crippen LogP contribution in [0.4, 0.5) is 27.8 Å². The van der Waals surface area contributed by atoms with Crippen LogP contribution >= 0.6 is 0 Å². The van der Waals surface area contributed by atoms with E-state index in [9.17, 15) is 9.90 Å². The molecule has 6 rings (SSSR count). The van der Waals surface area contributed by atoms with Gasteiger partial charge in [-0.05, 0) is 89.5 Å². The van der Waals surface area contributed by atoms with Gasteiger partial charge in [-0.2, -0.15) is 0 Å². The molecule has 42 heavy (non-hydrogen) atoms. The van der Waals surface area contributed by atoms with Crippen molar-refractivity contribution in [1.82, 2.24) is 15.0 Å². The lowest BCUT2D eigenvalue weighted by Gasteiger charge is -2.41. The van der Waals surface area contributed by atoms with Gasteiger partial charge in [0, 0.05) is 24.0 Å². The summed E-state index contributed by atoms with van der Waals surface area (Å²) in [6.45, 7) is 11.7. The molecule has 0 radical (unpaired) electrons. The van der Waals surface area contributed by atoms with Gasteiger partial charge in [-0.25, -0.2) is 19.7 Å². The van der Waals surface area contributed by atoms with Crippen LogP contribution in [0.1, 0.15) is 62.9 Å². The molecule has 1 aromatic carbocycles. The molecular weight excluding hydrogens is 532 g/mol. The van der Waals surface area contributed by atoms with E-state index in [2.05, 4.69) is 44.5 Å². The number of hydrogen-bond acceptors (Lipinski definition) is 9. The van der Waals surface area contributed by atoms with E-state index in [-0.39, 0.29) is 0 Å². The van der Waals surface area contributed by atoms with Crippen molar-refractivity contribution in [3.05, 3.63) is 59.0 Å². The lowest BCUT2D eigenvalue weighted by molar-refractivity contribution is -0.0564. The highest BCUT2D eigenvalue weighted by atomic mass is 16.6. The second-order valence-electron chi connectivity index (χ2n) is 13.0. The molecule has 0 bridgehead atoms. The number of ether oxygens (including phenoxy) is 2. The van der Waals surface area contributed by atoms with Gasteiger partial charge in [0.25, 0.3) is 0 Å². The molecular formula is C32H40N6O4. The van der Waals surface area contributed by atoms with Crippen LogP contribution in [0.3, 0.4) is 0 Å².